The molecule has 2 aromatic heterocycles. The molecule has 21 heavy (non-hydrogen) atoms. The van der Waals surface area contributed by atoms with E-state index >= 15 is 0 Å². The highest BCUT2D eigenvalue weighted by Crippen LogP contribution is 2.46. The summed E-state index contributed by atoms with van der Waals surface area (Å²) in [6, 6.07) is 6.24. The summed E-state index contributed by atoms with van der Waals surface area (Å²) in [4.78, 5) is 7.39. The van der Waals surface area contributed by atoms with Gasteiger partial charge in [0.15, 0.2) is 5.82 Å². The van der Waals surface area contributed by atoms with Gasteiger partial charge in [-0.2, -0.15) is 0 Å². The van der Waals surface area contributed by atoms with E-state index in [1.54, 1.807) is 0 Å². The second kappa shape index (κ2) is 5.31. The normalized spacial score (nSPS) is 21.5. The average Bonchev–Trinajstić information content (AvgIpc) is 3.12. The van der Waals surface area contributed by atoms with Crippen LogP contribution in [0.2, 0.25) is 0 Å². The summed E-state index contributed by atoms with van der Waals surface area (Å²) in [5.74, 6) is 1.19. The van der Waals surface area contributed by atoms with Crippen molar-refractivity contribution in [3.63, 3.8) is 0 Å². The molecule has 0 aromatic carbocycles. The van der Waals surface area contributed by atoms with Gasteiger partial charge in [0.2, 0.25) is 0 Å². The molecular formula is C17H22BrN3. The van der Waals surface area contributed by atoms with Gasteiger partial charge in [0.1, 0.15) is 5.65 Å². The number of fused-ring (bicyclic) bond motifs is 1. The molecule has 3 heterocycles. The molecule has 3 nitrogen and oxygen atoms in total. The van der Waals surface area contributed by atoms with Gasteiger partial charge in [0.25, 0.3) is 0 Å². The van der Waals surface area contributed by atoms with Crippen molar-refractivity contribution < 1.29 is 0 Å². The maximum absolute atomic E-state index is 4.88. The van der Waals surface area contributed by atoms with Crippen molar-refractivity contribution >= 4 is 27.4 Å². The molecule has 4 rings (SSSR count). The van der Waals surface area contributed by atoms with E-state index in [4.69, 9.17) is 4.98 Å². The fraction of sp³-hybridized carbons (Fsp3) is 0.588. The molecule has 4 heteroatoms. The zero-order valence-electron chi connectivity index (χ0n) is 12.4. The van der Waals surface area contributed by atoms with Crippen LogP contribution in [-0.4, -0.2) is 22.5 Å². The van der Waals surface area contributed by atoms with Gasteiger partial charge in [-0.15, -0.1) is 0 Å². The van der Waals surface area contributed by atoms with Crippen molar-refractivity contribution in [2.75, 3.05) is 18.0 Å². The summed E-state index contributed by atoms with van der Waals surface area (Å²) in [6.07, 6.45) is 10.6. The number of piperidine rings is 1. The highest BCUT2D eigenvalue weighted by molar-refractivity contribution is 9.08. The molecule has 2 aromatic rings. The first kappa shape index (κ1) is 13.6. The number of aromatic nitrogens is 2. The molecule has 1 spiro atoms. The van der Waals surface area contributed by atoms with Crippen molar-refractivity contribution in [1.82, 2.24) is 9.38 Å². The molecule has 1 aliphatic carbocycles. The van der Waals surface area contributed by atoms with Crippen LogP contribution < -0.4 is 4.90 Å². The molecule has 1 saturated carbocycles. The van der Waals surface area contributed by atoms with Gasteiger partial charge >= 0.3 is 0 Å². The van der Waals surface area contributed by atoms with Crippen LogP contribution in [0.4, 0.5) is 5.82 Å². The van der Waals surface area contributed by atoms with Gasteiger partial charge < -0.3 is 9.30 Å². The Hall–Kier alpha value is -1.03. The Morgan fingerprint density at radius 1 is 1.10 bits per heavy atom. The second-order valence-corrected chi connectivity index (χ2v) is 7.20. The molecule has 0 radical (unpaired) electrons. The Bertz CT molecular complexity index is 633. The Labute approximate surface area is 134 Å². The summed E-state index contributed by atoms with van der Waals surface area (Å²) >= 11 is 3.65. The maximum atomic E-state index is 4.88. The lowest BCUT2D eigenvalue weighted by Crippen LogP contribution is -2.39. The topological polar surface area (TPSA) is 20.5 Å². The van der Waals surface area contributed by atoms with E-state index < -0.39 is 0 Å². The van der Waals surface area contributed by atoms with Crippen LogP contribution in [0, 0.1) is 5.41 Å². The second-order valence-electron chi connectivity index (χ2n) is 6.64. The van der Waals surface area contributed by atoms with E-state index in [0.717, 1.165) is 11.0 Å². The van der Waals surface area contributed by atoms with Gasteiger partial charge in [-0.05, 0) is 43.2 Å². The Kier molecular flexibility index (Phi) is 3.44. The van der Waals surface area contributed by atoms with Gasteiger partial charge in [-0.3, -0.25) is 0 Å². The summed E-state index contributed by atoms with van der Waals surface area (Å²) in [6.45, 7) is 2.34. The van der Waals surface area contributed by atoms with E-state index in [1.165, 1.54) is 63.1 Å². The van der Waals surface area contributed by atoms with E-state index in [2.05, 4.69) is 49.6 Å². The van der Waals surface area contributed by atoms with Gasteiger partial charge in [-0.25, -0.2) is 4.98 Å². The molecule has 2 aliphatic rings. The van der Waals surface area contributed by atoms with Gasteiger partial charge in [0, 0.05) is 24.6 Å². The van der Waals surface area contributed by atoms with E-state index in [0.29, 0.717) is 5.41 Å². The molecule has 0 amide bonds. The van der Waals surface area contributed by atoms with Crippen LogP contribution in [0.5, 0.6) is 0 Å². The maximum Gasteiger partial charge on any atom is 0.152 e. The van der Waals surface area contributed by atoms with Crippen molar-refractivity contribution in [3.05, 3.63) is 30.1 Å². The number of imidazole rings is 1. The molecule has 0 bridgehead atoms. The predicted octanol–water partition coefficient (Wildman–Crippen LogP) is 4.39. The molecule has 2 fully saturated rings. The van der Waals surface area contributed by atoms with Gasteiger partial charge in [-0.1, -0.05) is 34.8 Å². The SMILES string of the molecule is BrCc1c(N2CCC3(CCCC3)CC2)nc2ccccn12. The zero-order chi connectivity index (χ0) is 14.3. The molecule has 112 valence electrons. The smallest absolute Gasteiger partial charge is 0.152 e. The first-order chi connectivity index (χ1) is 10.3. The molecule has 1 aliphatic heterocycles. The van der Waals surface area contributed by atoms with Crippen molar-refractivity contribution in [3.8, 4) is 0 Å². The lowest BCUT2D eigenvalue weighted by Gasteiger charge is -2.39. The highest BCUT2D eigenvalue weighted by Gasteiger charge is 2.37. The number of halogens is 1. The standard InChI is InChI=1S/C17H22BrN3/c18-13-14-16(19-15-5-1-4-10-21(14)15)20-11-8-17(9-12-20)6-2-3-7-17/h1,4-5,10H,2-3,6-9,11-13H2. The summed E-state index contributed by atoms with van der Waals surface area (Å²) in [7, 11) is 0. The zero-order valence-corrected chi connectivity index (χ0v) is 14.0. The summed E-state index contributed by atoms with van der Waals surface area (Å²) in [5.41, 5.74) is 3.01. The number of nitrogens with zero attached hydrogens (tertiary/aromatic N) is 3. The van der Waals surface area contributed by atoms with Crippen LogP contribution in [0.15, 0.2) is 24.4 Å². The van der Waals surface area contributed by atoms with Crippen LogP contribution in [0.1, 0.15) is 44.2 Å². The van der Waals surface area contributed by atoms with Crippen LogP contribution in [0.3, 0.4) is 0 Å². The minimum atomic E-state index is 0.671. The van der Waals surface area contributed by atoms with Crippen LogP contribution in [-0.2, 0) is 5.33 Å². The number of hydrogen-bond donors (Lipinski definition) is 0. The summed E-state index contributed by atoms with van der Waals surface area (Å²) in [5, 5.41) is 0.856. The molecule has 0 unspecified atom stereocenters. The van der Waals surface area contributed by atoms with E-state index in [-0.39, 0.29) is 0 Å². The predicted molar refractivity (Wildman–Crippen MR) is 90.2 cm³/mol. The molecule has 1 saturated heterocycles. The van der Waals surface area contributed by atoms with Crippen molar-refractivity contribution in [2.45, 2.75) is 43.9 Å². The minimum Gasteiger partial charge on any atom is -0.355 e. The van der Waals surface area contributed by atoms with E-state index in [1.807, 2.05) is 0 Å². The molecule has 0 N–H and O–H groups in total. The Morgan fingerprint density at radius 3 is 2.57 bits per heavy atom. The number of alkyl halides is 1. The lowest BCUT2D eigenvalue weighted by molar-refractivity contribution is 0.226. The largest absolute Gasteiger partial charge is 0.355 e. The van der Waals surface area contributed by atoms with Crippen LogP contribution in [0.25, 0.3) is 5.65 Å². The lowest BCUT2D eigenvalue weighted by atomic mass is 9.77. The third-order valence-corrected chi connectivity index (χ3v) is 6.05. The fourth-order valence-electron chi connectivity index (χ4n) is 4.23. The number of anilines is 1. The van der Waals surface area contributed by atoms with Crippen LogP contribution >= 0.6 is 15.9 Å². The Balaban J connectivity index is 1.62. The third kappa shape index (κ3) is 2.28. The third-order valence-electron chi connectivity index (χ3n) is 5.52. The number of rotatable bonds is 2. The highest BCUT2D eigenvalue weighted by atomic mass is 79.9. The average molecular weight is 348 g/mol. The monoisotopic (exact) mass is 347 g/mol. The Morgan fingerprint density at radius 2 is 1.86 bits per heavy atom. The minimum absolute atomic E-state index is 0.671. The van der Waals surface area contributed by atoms with E-state index in [9.17, 15) is 0 Å². The first-order valence-electron chi connectivity index (χ1n) is 8.08. The first-order valence-corrected chi connectivity index (χ1v) is 9.20. The molecular weight excluding hydrogens is 326 g/mol. The fourth-order valence-corrected chi connectivity index (χ4v) is 4.75. The van der Waals surface area contributed by atoms with Crippen molar-refractivity contribution in [2.24, 2.45) is 5.41 Å². The summed E-state index contributed by atoms with van der Waals surface area (Å²) < 4.78 is 2.21. The number of pyridine rings is 1. The van der Waals surface area contributed by atoms with Gasteiger partial charge in [0.05, 0.1) is 5.69 Å². The number of hydrogen-bond acceptors (Lipinski definition) is 2. The van der Waals surface area contributed by atoms with Crippen molar-refractivity contribution in [1.29, 1.82) is 0 Å². The molecule has 0 atom stereocenters. The quantitative estimate of drug-likeness (QED) is 0.751.